The number of hydrogen-bond donors (Lipinski definition) is 0. The largest absolute Gasteiger partial charge is 0.618 e. The number of aromatic nitrogens is 1. The molecule has 0 atom stereocenters. The van der Waals surface area contributed by atoms with Crippen LogP contribution in [0.1, 0.15) is 0 Å². The van der Waals surface area contributed by atoms with Crippen LogP contribution in [0, 0.1) is 15.3 Å². The van der Waals surface area contributed by atoms with Crippen molar-refractivity contribution in [3.8, 4) is 11.1 Å². The van der Waals surface area contributed by atoms with E-state index in [1.807, 2.05) is 24.3 Å². The number of fused-ring (bicyclic) bond motifs is 1. The molecule has 0 aliphatic heterocycles. The summed E-state index contributed by atoms with van der Waals surface area (Å²) in [6, 6.07) is 15.3. The molecular weight excluding hydrogens is 256 g/mol. The molecule has 3 aromatic rings. The Hall–Kier alpha value is -2.95. The van der Waals surface area contributed by atoms with Gasteiger partial charge in [0.05, 0.1) is 4.92 Å². The first kappa shape index (κ1) is 12.1. The van der Waals surface area contributed by atoms with E-state index in [1.54, 1.807) is 18.2 Å². The molecule has 0 aliphatic rings. The molecule has 0 N–H and O–H groups in total. The summed E-state index contributed by atoms with van der Waals surface area (Å²) in [5, 5.41) is 23.4. The van der Waals surface area contributed by atoms with E-state index in [4.69, 9.17) is 0 Å². The normalized spacial score (nSPS) is 10.6. The van der Waals surface area contributed by atoms with Crippen molar-refractivity contribution in [2.75, 3.05) is 0 Å². The Morgan fingerprint density at radius 1 is 0.950 bits per heavy atom. The summed E-state index contributed by atoms with van der Waals surface area (Å²) >= 11 is 0. The van der Waals surface area contributed by atoms with E-state index in [1.165, 1.54) is 18.3 Å². The monoisotopic (exact) mass is 266 g/mol. The fourth-order valence-electron chi connectivity index (χ4n) is 2.14. The van der Waals surface area contributed by atoms with E-state index in [9.17, 15) is 15.3 Å². The molecule has 1 aromatic heterocycles. The predicted octanol–water partition coefficient (Wildman–Crippen LogP) is 3.05. The van der Waals surface area contributed by atoms with Crippen LogP contribution < -0.4 is 4.73 Å². The molecular formula is C15H10N2O3. The number of benzene rings is 2. The Balaban J connectivity index is 2.12. The summed E-state index contributed by atoms with van der Waals surface area (Å²) in [5.74, 6) is 0. The van der Waals surface area contributed by atoms with E-state index in [-0.39, 0.29) is 5.69 Å². The Morgan fingerprint density at radius 2 is 1.65 bits per heavy atom. The molecule has 0 fully saturated rings. The molecule has 5 heteroatoms. The van der Waals surface area contributed by atoms with Crippen molar-refractivity contribution in [3.05, 3.63) is 76.1 Å². The van der Waals surface area contributed by atoms with Gasteiger partial charge in [0.1, 0.15) is 0 Å². The maximum atomic E-state index is 12.0. The highest BCUT2D eigenvalue weighted by molar-refractivity contribution is 5.81. The standard InChI is InChI=1S/C15H10N2O3/c18-16-10-13(9-12-3-1-2-4-15(12)16)11-5-7-14(8-6-11)17(19)20/h1-10H. The molecule has 0 amide bonds. The lowest BCUT2D eigenvalue weighted by atomic mass is 10.1. The zero-order chi connectivity index (χ0) is 14.1. The first-order chi connectivity index (χ1) is 9.65. The number of nitro benzene ring substituents is 1. The van der Waals surface area contributed by atoms with Gasteiger partial charge >= 0.3 is 0 Å². The highest BCUT2D eigenvalue weighted by atomic mass is 16.6. The fourth-order valence-corrected chi connectivity index (χ4v) is 2.14. The Labute approximate surface area is 114 Å². The van der Waals surface area contributed by atoms with E-state index in [0.29, 0.717) is 5.52 Å². The number of pyridine rings is 1. The van der Waals surface area contributed by atoms with E-state index < -0.39 is 4.92 Å². The summed E-state index contributed by atoms with van der Waals surface area (Å²) in [4.78, 5) is 10.2. The van der Waals surface area contributed by atoms with Crippen molar-refractivity contribution >= 4 is 16.6 Å². The van der Waals surface area contributed by atoms with Crippen LogP contribution in [0.2, 0.25) is 0 Å². The van der Waals surface area contributed by atoms with Crippen LogP contribution in [0.15, 0.2) is 60.8 Å². The smallest absolute Gasteiger partial charge is 0.269 e. The molecule has 98 valence electrons. The molecule has 0 radical (unpaired) electrons. The second-order valence-corrected chi connectivity index (χ2v) is 4.42. The Bertz CT molecular complexity index is 798. The van der Waals surface area contributed by atoms with Crippen molar-refractivity contribution in [3.63, 3.8) is 0 Å². The third-order valence-corrected chi connectivity index (χ3v) is 3.15. The summed E-state index contributed by atoms with van der Waals surface area (Å²) in [6.45, 7) is 0. The highest BCUT2D eigenvalue weighted by Crippen LogP contribution is 2.23. The zero-order valence-corrected chi connectivity index (χ0v) is 10.4. The average Bonchev–Trinajstić information content (AvgIpc) is 2.47. The van der Waals surface area contributed by atoms with Crippen LogP contribution in [-0.4, -0.2) is 4.92 Å². The number of non-ortho nitro benzene ring substituents is 1. The van der Waals surface area contributed by atoms with Crippen molar-refractivity contribution < 1.29 is 9.65 Å². The van der Waals surface area contributed by atoms with Gasteiger partial charge in [-0.05, 0) is 29.8 Å². The quantitative estimate of drug-likeness (QED) is 0.310. The maximum Gasteiger partial charge on any atom is 0.269 e. The highest BCUT2D eigenvalue weighted by Gasteiger charge is 2.10. The van der Waals surface area contributed by atoms with Gasteiger partial charge in [-0.1, -0.05) is 12.1 Å². The van der Waals surface area contributed by atoms with E-state index in [0.717, 1.165) is 21.2 Å². The molecule has 20 heavy (non-hydrogen) atoms. The summed E-state index contributed by atoms with van der Waals surface area (Å²) in [7, 11) is 0. The van der Waals surface area contributed by atoms with Gasteiger partial charge in [0.25, 0.3) is 5.69 Å². The minimum absolute atomic E-state index is 0.0320. The Morgan fingerprint density at radius 3 is 2.35 bits per heavy atom. The average molecular weight is 266 g/mol. The number of nitro groups is 1. The molecule has 3 rings (SSSR count). The molecule has 0 bridgehead atoms. The lowest BCUT2D eigenvalue weighted by molar-refractivity contribution is -0.576. The van der Waals surface area contributed by atoms with Crippen LogP contribution in [0.3, 0.4) is 0 Å². The lowest BCUT2D eigenvalue weighted by Crippen LogP contribution is -2.26. The van der Waals surface area contributed by atoms with Crippen LogP contribution >= 0.6 is 0 Å². The van der Waals surface area contributed by atoms with Gasteiger partial charge in [-0.2, -0.15) is 4.73 Å². The van der Waals surface area contributed by atoms with Crippen molar-refractivity contribution in [1.82, 2.24) is 0 Å². The third-order valence-electron chi connectivity index (χ3n) is 3.15. The predicted molar refractivity (Wildman–Crippen MR) is 75.0 cm³/mol. The first-order valence-corrected chi connectivity index (χ1v) is 6.02. The van der Waals surface area contributed by atoms with Gasteiger partial charge in [0.15, 0.2) is 6.20 Å². The molecule has 0 unspecified atom stereocenters. The molecule has 5 nitrogen and oxygen atoms in total. The number of nitrogens with zero attached hydrogens (tertiary/aromatic N) is 2. The first-order valence-electron chi connectivity index (χ1n) is 6.02. The van der Waals surface area contributed by atoms with Crippen molar-refractivity contribution in [2.45, 2.75) is 0 Å². The molecule has 0 saturated carbocycles. The van der Waals surface area contributed by atoms with Crippen molar-refractivity contribution in [1.29, 1.82) is 0 Å². The van der Waals surface area contributed by atoms with Gasteiger partial charge in [-0.25, -0.2) is 0 Å². The minimum atomic E-state index is -0.446. The van der Waals surface area contributed by atoms with Crippen molar-refractivity contribution in [2.24, 2.45) is 0 Å². The maximum absolute atomic E-state index is 12.0. The molecule has 1 heterocycles. The topological polar surface area (TPSA) is 70.1 Å². The van der Waals surface area contributed by atoms with Gasteiger partial charge in [0.2, 0.25) is 5.52 Å². The summed E-state index contributed by atoms with van der Waals surface area (Å²) in [6.07, 6.45) is 1.48. The molecule has 2 aromatic carbocycles. The fraction of sp³-hybridized carbons (Fsp3) is 0. The van der Waals surface area contributed by atoms with E-state index >= 15 is 0 Å². The molecule has 0 spiro atoms. The Kier molecular flexibility index (Phi) is 2.80. The zero-order valence-electron chi connectivity index (χ0n) is 10.4. The SMILES string of the molecule is O=[N+]([O-])c1ccc(-c2cc3ccccc3[n+]([O-])c2)cc1. The number of hydrogen-bond acceptors (Lipinski definition) is 3. The van der Waals surface area contributed by atoms with Crippen LogP contribution in [0.4, 0.5) is 5.69 Å². The summed E-state index contributed by atoms with van der Waals surface area (Å²) in [5.41, 5.74) is 2.13. The minimum Gasteiger partial charge on any atom is -0.618 e. The van der Waals surface area contributed by atoms with Gasteiger partial charge < -0.3 is 5.21 Å². The lowest BCUT2D eigenvalue weighted by Gasteiger charge is -2.05. The van der Waals surface area contributed by atoms with Crippen LogP contribution in [0.25, 0.3) is 22.0 Å². The number of rotatable bonds is 2. The van der Waals surface area contributed by atoms with Crippen LogP contribution in [-0.2, 0) is 0 Å². The molecule has 0 saturated heterocycles. The number of para-hydroxylation sites is 1. The van der Waals surface area contributed by atoms with E-state index in [2.05, 4.69) is 0 Å². The third kappa shape index (κ3) is 2.05. The van der Waals surface area contributed by atoms with Gasteiger partial charge in [-0.3, -0.25) is 10.1 Å². The summed E-state index contributed by atoms with van der Waals surface area (Å²) < 4.78 is 0.812. The van der Waals surface area contributed by atoms with Gasteiger partial charge in [-0.15, -0.1) is 0 Å². The van der Waals surface area contributed by atoms with Crippen LogP contribution in [0.5, 0.6) is 0 Å². The molecule has 0 aliphatic carbocycles. The van der Waals surface area contributed by atoms with Gasteiger partial charge in [0, 0.05) is 29.1 Å². The second kappa shape index (κ2) is 4.62. The second-order valence-electron chi connectivity index (χ2n) is 4.42.